The van der Waals surface area contributed by atoms with Gasteiger partial charge in [-0.15, -0.1) is 10.2 Å². The number of H-pyrrole nitrogens is 1. The maximum absolute atomic E-state index is 4.02. The lowest BCUT2D eigenvalue weighted by Gasteiger charge is -2.06. The summed E-state index contributed by atoms with van der Waals surface area (Å²) in [5, 5.41) is 14.1. The van der Waals surface area contributed by atoms with Gasteiger partial charge in [0.1, 0.15) is 0 Å². The van der Waals surface area contributed by atoms with Crippen LogP contribution in [0.2, 0.25) is 0 Å². The van der Waals surface area contributed by atoms with Gasteiger partial charge in [0.05, 0.1) is 5.41 Å². The first-order valence-corrected chi connectivity index (χ1v) is 4.02. The van der Waals surface area contributed by atoms with E-state index < -0.39 is 0 Å². The summed E-state index contributed by atoms with van der Waals surface area (Å²) in [5.74, 6) is 1.42. The van der Waals surface area contributed by atoms with Crippen LogP contribution in [0, 0.1) is 5.92 Å². The Hall–Kier alpha value is -1.45. The van der Waals surface area contributed by atoms with Gasteiger partial charge in [-0.2, -0.15) is 5.21 Å². The van der Waals surface area contributed by atoms with Crippen molar-refractivity contribution in [2.75, 3.05) is 0 Å². The summed E-state index contributed by atoms with van der Waals surface area (Å²) in [6, 6.07) is 0. The maximum Gasteiger partial charge on any atom is 0.185 e. The van der Waals surface area contributed by atoms with E-state index in [1.165, 1.54) is 0 Å². The average Bonchev–Trinajstić information content (AvgIpc) is 2.59. The second-order valence-corrected chi connectivity index (χ2v) is 3.33. The van der Waals surface area contributed by atoms with Crippen LogP contribution in [0.25, 0.3) is 0 Å². The number of hydrogen-bond acceptors (Lipinski definition) is 3. The van der Waals surface area contributed by atoms with Gasteiger partial charge < -0.3 is 0 Å². The number of nitrogens with one attached hydrogen (secondary N) is 1. The molecule has 4 heteroatoms. The van der Waals surface area contributed by atoms with E-state index in [1.54, 1.807) is 0 Å². The Kier molecular flexibility index (Phi) is 0.930. The van der Waals surface area contributed by atoms with Crippen molar-refractivity contribution in [1.29, 1.82) is 0 Å². The maximum atomic E-state index is 4.02. The van der Waals surface area contributed by atoms with Crippen LogP contribution in [0.3, 0.4) is 0 Å². The van der Waals surface area contributed by atoms with Crippen LogP contribution in [0.15, 0.2) is 24.3 Å². The average molecular weight is 160 g/mol. The summed E-state index contributed by atoms with van der Waals surface area (Å²) in [4.78, 5) is 0. The number of fused-ring (bicyclic) bond motifs is 1. The van der Waals surface area contributed by atoms with Crippen molar-refractivity contribution in [3.05, 3.63) is 30.1 Å². The minimum Gasteiger partial charge on any atom is -0.177 e. The minimum absolute atomic E-state index is 0.0851. The molecule has 2 atom stereocenters. The third kappa shape index (κ3) is 0.598. The van der Waals surface area contributed by atoms with E-state index in [1.807, 2.05) is 0 Å². The molecule has 3 rings (SSSR count). The first kappa shape index (κ1) is 6.11. The Labute approximate surface area is 69.4 Å². The van der Waals surface area contributed by atoms with Crippen LogP contribution in [-0.2, 0) is 5.41 Å². The van der Waals surface area contributed by atoms with E-state index in [9.17, 15) is 0 Å². The van der Waals surface area contributed by atoms with E-state index >= 15 is 0 Å². The molecule has 1 N–H and O–H groups in total. The number of aromatic amines is 1. The molecule has 0 bridgehead atoms. The number of nitrogens with zero attached hydrogens (tertiary/aromatic N) is 3. The predicted octanol–water partition coefficient (Wildman–Crippen LogP) is 0.583. The SMILES string of the molecule is C1=CC2CC2(c2nn[nH]n2)C=C1. The fourth-order valence-electron chi connectivity index (χ4n) is 1.85. The Morgan fingerprint density at radius 1 is 1.50 bits per heavy atom. The van der Waals surface area contributed by atoms with E-state index in [0.29, 0.717) is 5.92 Å². The zero-order valence-corrected chi connectivity index (χ0v) is 6.44. The molecule has 0 radical (unpaired) electrons. The van der Waals surface area contributed by atoms with E-state index in [0.717, 1.165) is 12.2 Å². The van der Waals surface area contributed by atoms with Gasteiger partial charge in [0.25, 0.3) is 0 Å². The monoisotopic (exact) mass is 160 g/mol. The lowest BCUT2D eigenvalue weighted by Crippen LogP contribution is -2.09. The molecule has 60 valence electrons. The Morgan fingerprint density at radius 3 is 3.25 bits per heavy atom. The van der Waals surface area contributed by atoms with Crippen molar-refractivity contribution >= 4 is 0 Å². The van der Waals surface area contributed by atoms with Crippen LogP contribution < -0.4 is 0 Å². The second-order valence-electron chi connectivity index (χ2n) is 3.33. The number of aromatic nitrogens is 4. The molecule has 12 heavy (non-hydrogen) atoms. The van der Waals surface area contributed by atoms with Gasteiger partial charge in [-0.3, -0.25) is 0 Å². The molecule has 0 amide bonds. The lowest BCUT2D eigenvalue weighted by molar-refractivity contribution is 0.740. The van der Waals surface area contributed by atoms with Crippen LogP contribution in [-0.4, -0.2) is 20.6 Å². The highest BCUT2D eigenvalue weighted by molar-refractivity contribution is 5.39. The van der Waals surface area contributed by atoms with Gasteiger partial charge in [0.15, 0.2) is 5.82 Å². The molecule has 2 aliphatic carbocycles. The fraction of sp³-hybridized carbons (Fsp3) is 0.375. The molecule has 1 heterocycles. The van der Waals surface area contributed by atoms with Crippen LogP contribution in [0.4, 0.5) is 0 Å². The van der Waals surface area contributed by atoms with Gasteiger partial charge >= 0.3 is 0 Å². The third-order valence-electron chi connectivity index (χ3n) is 2.67. The molecule has 2 aliphatic rings. The standard InChI is InChI=1S/C8H8N4/c1-2-4-8(5-6(8)3-1)7-9-11-12-10-7/h1-4,6H,5H2,(H,9,10,11,12). The molecule has 1 fully saturated rings. The summed E-state index contributed by atoms with van der Waals surface area (Å²) < 4.78 is 0. The van der Waals surface area contributed by atoms with Crippen molar-refractivity contribution in [1.82, 2.24) is 20.6 Å². The molecule has 0 saturated heterocycles. The summed E-state index contributed by atoms with van der Waals surface area (Å²) in [7, 11) is 0. The minimum atomic E-state index is 0.0851. The molecule has 0 spiro atoms. The van der Waals surface area contributed by atoms with Gasteiger partial charge in [-0.05, 0) is 12.3 Å². The fourth-order valence-corrected chi connectivity index (χ4v) is 1.85. The zero-order chi connectivity index (χ0) is 8.02. The third-order valence-corrected chi connectivity index (χ3v) is 2.67. The van der Waals surface area contributed by atoms with Crippen LogP contribution in [0.5, 0.6) is 0 Å². The summed E-state index contributed by atoms with van der Waals surface area (Å²) >= 11 is 0. The predicted molar refractivity (Wildman–Crippen MR) is 42.2 cm³/mol. The van der Waals surface area contributed by atoms with E-state index in [-0.39, 0.29) is 5.41 Å². The van der Waals surface area contributed by atoms with Gasteiger partial charge in [-0.25, -0.2) is 0 Å². The molecular weight excluding hydrogens is 152 g/mol. The first-order valence-electron chi connectivity index (χ1n) is 4.02. The molecule has 2 unspecified atom stereocenters. The number of rotatable bonds is 1. The van der Waals surface area contributed by atoms with Gasteiger partial charge in [-0.1, -0.05) is 29.5 Å². The quantitative estimate of drug-likeness (QED) is 0.654. The highest BCUT2D eigenvalue weighted by atomic mass is 15.5. The molecule has 0 aromatic carbocycles. The largest absolute Gasteiger partial charge is 0.185 e. The highest BCUT2D eigenvalue weighted by Crippen LogP contribution is 2.56. The lowest BCUT2D eigenvalue weighted by atomic mass is 9.99. The number of hydrogen-bond donors (Lipinski definition) is 1. The normalized spacial score (nSPS) is 36.5. The van der Waals surface area contributed by atoms with Crippen molar-refractivity contribution in [3.8, 4) is 0 Å². The van der Waals surface area contributed by atoms with E-state index in [2.05, 4.69) is 44.9 Å². The molecule has 0 aliphatic heterocycles. The molecular formula is C8H8N4. The molecule has 4 nitrogen and oxygen atoms in total. The molecule has 1 aromatic heterocycles. The number of allylic oxidation sites excluding steroid dienone is 4. The van der Waals surface area contributed by atoms with Gasteiger partial charge in [0.2, 0.25) is 0 Å². The van der Waals surface area contributed by atoms with Gasteiger partial charge in [0, 0.05) is 0 Å². The molecule has 1 aromatic rings. The topological polar surface area (TPSA) is 54.5 Å². The summed E-state index contributed by atoms with van der Waals surface area (Å²) in [6.07, 6.45) is 9.63. The van der Waals surface area contributed by atoms with Crippen molar-refractivity contribution in [2.45, 2.75) is 11.8 Å². The second kappa shape index (κ2) is 1.83. The van der Waals surface area contributed by atoms with Crippen molar-refractivity contribution < 1.29 is 0 Å². The van der Waals surface area contributed by atoms with Crippen molar-refractivity contribution in [3.63, 3.8) is 0 Å². The summed E-state index contributed by atoms with van der Waals surface area (Å²) in [6.45, 7) is 0. The Bertz CT molecular complexity index is 351. The zero-order valence-electron chi connectivity index (χ0n) is 6.44. The van der Waals surface area contributed by atoms with Crippen LogP contribution >= 0.6 is 0 Å². The Balaban J connectivity index is 2.06. The van der Waals surface area contributed by atoms with E-state index in [4.69, 9.17) is 0 Å². The highest BCUT2D eigenvalue weighted by Gasteiger charge is 2.55. The first-order chi connectivity index (χ1) is 5.92. The Morgan fingerprint density at radius 2 is 2.50 bits per heavy atom. The van der Waals surface area contributed by atoms with Crippen LogP contribution in [0.1, 0.15) is 12.2 Å². The van der Waals surface area contributed by atoms with Crippen molar-refractivity contribution in [2.24, 2.45) is 5.92 Å². The molecule has 1 saturated carbocycles. The smallest absolute Gasteiger partial charge is 0.177 e. The number of tetrazole rings is 1. The summed E-state index contributed by atoms with van der Waals surface area (Å²) in [5.41, 5.74) is 0.0851.